The summed E-state index contributed by atoms with van der Waals surface area (Å²) in [5, 5.41) is 13.8. The molecule has 122 valence electrons. The molecule has 4 aromatic rings. The maximum Gasteiger partial charge on any atom is 0.223 e. The molecule has 0 aliphatic heterocycles. The van der Waals surface area contributed by atoms with E-state index >= 15 is 0 Å². The number of tetrazole rings is 1. The molecule has 0 fully saturated rings. The van der Waals surface area contributed by atoms with Crippen LogP contribution in [0.3, 0.4) is 0 Å². The van der Waals surface area contributed by atoms with Crippen LogP contribution in [-0.2, 0) is 0 Å². The summed E-state index contributed by atoms with van der Waals surface area (Å²) in [6, 6.07) is 18.6. The molecule has 0 unspecified atom stereocenters. The summed E-state index contributed by atoms with van der Waals surface area (Å²) >= 11 is 12.4. The lowest BCUT2D eigenvalue weighted by molar-refractivity contribution is 0.720. The van der Waals surface area contributed by atoms with Crippen LogP contribution >= 0.6 is 23.2 Å². The molecule has 0 aliphatic carbocycles. The molecule has 0 saturated heterocycles. The SMILES string of the molecule is Clc1ccc(Cl)c(-c2cccc(-n3nnc(-c4ccccn4)n3)c2)c1. The third kappa shape index (κ3) is 3.24. The molecule has 2 aromatic heterocycles. The van der Waals surface area contributed by atoms with Gasteiger partial charge in [-0.15, -0.1) is 15.0 Å². The molecule has 4 rings (SSSR count). The van der Waals surface area contributed by atoms with E-state index in [1.165, 1.54) is 4.80 Å². The molecule has 0 aliphatic rings. The second kappa shape index (κ2) is 6.63. The Morgan fingerprint density at radius 1 is 0.880 bits per heavy atom. The van der Waals surface area contributed by atoms with Gasteiger partial charge in [-0.1, -0.05) is 41.4 Å². The summed E-state index contributed by atoms with van der Waals surface area (Å²) in [6.45, 7) is 0. The number of hydrogen-bond donors (Lipinski definition) is 0. The number of nitrogens with zero attached hydrogens (tertiary/aromatic N) is 5. The Bertz CT molecular complexity index is 1030. The molecule has 0 spiro atoms. The van der Waals surface area contributed by atoms with Gasteiger partial charge in [0, 0.05) is 21.8 Å². The maximum atomic E-state index is 6.30. The fourth-order valence-electron chi connectivity index (χ4n) is 2.44. The summed E-state index contributed by atoms with van der Waals surface area (Å²) in [7, 11) is 0. The van der Waals surface area contributed by atoms with Crippen LogP contribution < -0.4 is 0 Å². The summed E-state index contributed by atoms with van der Waals surface area (Å²) in [5.41, 5.74) is 3.20. The summed E-state index contributed by atoms with van der Waals surface area (Å²) in [6.07, 6.45) is 1.69. The van der Waals surface area contributed by atoms with Crippen molar-refractivity contribution in [3.05, 3.63) is 76.9 Å². The topological polar surface area (TPSA) is 56.5 Å². The van der Waals surface area contributed by atoms with Gasteiger partial charge in [-0.3, -0.25) is 4.98 Å². The minimum absolute atomic E-state index is 0.465. The molecule has 5 nitrogen and oxygen atoms in total. The Hall–Kier alpha value is -2.76. The fraction of sp³-hybridized carbons (Fsp3) is 0. The van der Waals surface area contributed by atoms with Crippen molar-refractivity contribution in [3.8, 4) is 28.3 Å². The van der Waals surface area contributed by atoms with E-state index in [1.54, 1.807) is 18.3 Å². The Morgan fingerprint density at radius 2 is 1.80 bits per heavy atom. The van der Waals surface area contributed by atoms with E-state index in [0.29, 0.717) is 21.6 Å². The Labute approximate surface area is 153 Å². The van der Waals surface area contributed by atoms with Crippen LogP contribution in [0.25, 0.3) is 28.3 Å². The zero-order valence-electron chi connectivity index (χ0n) is 12.8. The lowest BCUT2D eigenvalue weighted by atomic mass is 10.1. The highest BCUT2D eigenvalue weighted by Crippen LogP contribution is 2.31. The normalized spacial score (nSPS) is 10.8. The number of aromatic nitrogens is 5. The first-order valence-electron chi connectivity index (χ1n) is 7.48. The Morgan fingerprint density at radius 3 is 2.64 bits per heavy atom. The second-order valence-electron chi connectivity index (χ2n) is 5.29. The van der Waals surface area contributed by atoms with Crippen LogP contribution in [0.15, 0.2) is 66.9 Å². The van der Waals surface area contributed by atoms with Crippen molar-refractivity contribution in [2.75, 3.05) is 0 Å². The van der Waals surface area contributed by atoms with Gasteiger partial charge in [-0.25, -0.2) is 0 Å². The third-order valence-corrected chi connectivity index (χ3v) is 4.19. The third-order valence-electron chi connectivity index (χ3n) is 3.62. The molecular weight excluding hydrogens is 357 g/mol. The first-order valence-corrected chi connectivity index (χ1v) is 8.23. The van der Waals surface area contributed by atoms with Gasteiger partial charge in [0.25, 0.3) is 0 Å². The van der Waals surface area contributed by atoms with Crippen molar-refractivity contribution < 1.29 is 0 Å². The van der Waals surface area contributed by atoms with Gasteiger partial charge in [0.1, 0.15) is 5.69 Å². The zero-order chi connectivity index (χ0) is 17.2. The molecule has 2 heterocycles. The molecule has 0 saturated carbocycles. The van der Waals surface area contributed by atoms with Crippen molar-refractivity contribution in [1.82, 2.24) is 25.2 Å². The van der Waals surface area contributed by atoms with Crippen LogP contribution in [0.4, 0.5) is 0 Å². The van der Waals surface area contributed by atoms with Crippen molar-refractivity contribution in [2.24, 2.45) is 0 Å². The maximum absolute atomic E-state index is 6.30. The Kier molecular flexibility index (Phi) is 4.17. The molecule has 25 heavy (non-hydrogen) atoms. The standard InChI is InChI=1S/C18H11Cl2N5/c19-13-7-8-16(20)15(11-13)12-4-3-5-14(10-12)25-23-18(22-24-25)17-6-1-2-9-21-17/h1-11H. The average Bonchev–Trinajstić information content (AvgIpc) is 3.15. The van der Waals surface area contributed by atoms with E-state index in [9.17, 15) is 0 Å². The van der Waals surface area contributed by atoms with Crippen LogP contribution in [0.5, 0.6) is 0 Å². The number of halogens is 2. The monoisotopic (exact) mass is 367 g/mol. The van der Waals surface area contributed by atoms with Crippen molar-refractivity contribution in [3.63, 3.8) is 0 Å². The molecule has 0 N–H and O–H groups in total. The average molecular weight is 368 g/mol. The molecule has 0 radical (unpaired) electrons. The van der Waals surface area contributed by atoms with Crippen LogP contribution in [0.1, 0.15) is 0 Å². The van der Waals surface area contributed by atoms with Gasteiger partial charge in [-0.2, -0.15) is 0 Å². The lowest BCUT2D eigenvalue weighted by Gasteiger charge is -2.07. The molecule has 0 bridgehead atoms. The minimum Gasteiger partial charge on any atom is -0.253 e. The van der Waals surface area contributed by atoms with E-state index in [2.05, 4.69) is 20.4 Å². The first kappa shape index (κ1) is 15.7. The first-order chi connectivity index (χ1) is 12.2. The van der Waals surface area contributed by atoms with Gasteiger partial charge in [0.15, 0.2) is 0 Å². The number of rotatable bonds is 3. The summed E-state index contributed by atoms with van der Waals surface area (Å²) in [4.78, 5) is 5.70. The van der Waals surface area contributed by atoms with E-state index < -0.39 is 0 Å². The molecule has 2 aromatic carbocycles. The highest BCUT2D eigenvalue weighted by molar-refractivity contribution is 6.35. The predicted octanol–water partition coefficient (Wildman–Crippen LogP) is 4.70. The fourth-order valence-corrected chi connectivity index (χ4v) is 2.84. The molecular formula is C18H11Cl2N5. The Balaban J connectivity index is 1.73. The van der Waals surface area contributed by atoms with E-state index in [4.69, 9.17) is 23.2 Å². The highest BCUT2D eigenvalue weighted by Gasteiger charge is 2.10. The number of hydrogen-bond acceptors (Lipinski definition) is 4. The molecule has 0 atom stereocenters. The van der Waals surface area contributed by atoms with Crippen LogP contribution in [0, 0.1) is 0 Å². The second-order valence-corrected chi connectivity index (χ2v) is 6.14. The quantitative estimate of drug-likeness (QED) is 0.526. The minimum atomic E-state index is 0.465. The van der Waals surface area contributed by atoms with Crippen LogP contribution in [-0.4, -0.2) is 25.2 Å². The summed E-state index contributed by atoms with van der Waals surface area (Å²) < 4.78 is 0. The highest BCUT2D eigenvalue weighted by atomic mass is 35.5. The number of pyridine rings is 1. The smallest absolute Gasteiger partial charge is 0.223 e. The molecule has 0 amide bonds. The summed E-state index contributed by atoms with van der Waals surface area (Å²) in [5.74, 6) is 0.465. The van der Waals surface area contributed by atoms with Crippen molar-refractivity contribution in [1.29, 1.82) is 0 Å². The molecule has 7 heteroatoms. The van der Waals surface area contributed by atoms with E-state index in [-0.39, 0.29) is 0 Å². The van der Waals surface area contributed by atoms with Gasteiger partial charge in [0.05, 0.1) is 5.69 Å². The van der Waals surface area contributed by atoms with Gasteiger partial charge < -0.3 is 0 Å². The van der Waals surface area contributed by atoms with Gasteiger partial charge in [-0.05, 0) is 53.2 Å². The van der Waals surface area contributed by atoms with Gasteiger partial charge in [0.2, 0.25) is 5.82 Å². The zero-order valence-corrected chi connectivity index (χ0v) is 14.4. The van der Waals surface area contributed by atoms with Crippen molar-refractivity contribution in [2.45, 2.75) is 0 Å². The van der Waals surface area contributed by atoms with E-state index in [0.717, 1.165) is 16.8 Å². The largest absolute Gasteiger partial charge is 0.253 e. The van der Waals surface area contributed by atoms with Gasteiger partial charge >= 0.3 is 0 Å². The lowest BCUT2D eigenvalue weighted by Crippen LogP contribution is -1.99. The van der Waals surface area contributed by atoms with Crippen LogP contribution in [0.2, 0.25) is 10.0 Å². The van der Waals surface area contributed by atoms with E-state index in [1.807, 2.05) is 48.5 Å². The number of benzene rings is 2. The van der Waals surface area contributed by atoms with Crippen molar-refractivity contribution >= 4 is 23.2 Å². The predicted molar refractivity (Wildman–Crippen MR) is 97.8 cm³/mol.